The minimum Gasteiger partial charge on any atom is -0.496 e. The monoisotopic (exact) mass is 320 g/mol. The van der Waals surface area contributed by atoms with E-state index in [1.54, 1.807) is 7.11 Å². The van der Waals surface area contributed by atoms with Crippen molar-refractivity contribution in [3.8, 4) is 5.75 Å². The second kappa shape index (κ2) is 6.05. The zero-order valence-corrected chi connectivity index (χ0v) is 11.8. The summed E-state index contributed by atoms with van der Waals surface area (Å²) in [4.78, 5) is 0. The van der Waals surface area contributed by atoms with Crippen LogP contribution in [-0.4, -0.2) is 33.0 Å². The highest BCUT2D eigenvalue weighted by Gasteiger charge is 2.27. The fourth-order valence-electron chi connectivity index (χ4n) is 1.80. The molecule has 0 spiro atoms. The van der Waals surface area contributed by atoms with Gasteiger partial charge in [0.25, 0.3) is 0 Å². The van der Waals surface area contributed by atoms with Crippen LogP contribution >= 0.6 is 27.5 Å². The first-order valence-corrected chi connectivity index (χ1v) is 6.62. The standard InChI is InChI=1S/C12H14BrClO3/c1-15-10-3-2-8(13)6-9(10)12(14)11-7-16-4-5-17-11/h2-3,6,11-12H,4-5,7H2,1H3. The molecule has 1 aromatic rings. The molecule has 1 aliphatic rings. The lowest BCUT2D eigenvalue weighted by Crippen LogP contribution is -2.32. The molecule has 0 amide bonds. The van der Waals surface area contributed by atoms with Crippen molar-refractivity contribution >= 4 is 27.5 Å². The second-order valence-corrected chi connectivity index (χ2v) is 5.16. The Kier molecular flexibility index (Phi) is 4.68. The Labute approximate surface area is 114 Å². The number of alkyl halides is 1. The third-order valence-electron chi connectivity index (χ3n) is 2.66. The molecule has 1 heterocycles. The molecule has 3 nitrogen and oxygen atoms in total. The first-order valence-electron chi connectivity index (χ1n) is 5.39. The van der Waals surface area contributed by atoms with Gasteiger partial charge in [0.05, 0.1) is 32.3 Å². The zero-order valence-electron chi connectivity index (χ0n) is 9.49. The molecular formula is C12H14BrClO3. The summed E-state index contributed by atoms with van der Waals surface area (Å²) < 4.78 is 17.3. The maximum Gasteiger partial charge on any atom is 0.123 e. The van der Waals surface area contributed by atoms with Crippen LogP contribution in [0.5, 0.6) is 5.75 Å². The minimum atomic E-state index is -0.275. The number of halogens is 2. The molecule has 0 N–H and O–H groups in total. The minimum absolute atomic E-state index is 0.131. The molecule has 1 fully saturated rings. The number of benzene rings is 1. The van der Waals surface area contributed by atoms with Crippen LogP contribution in [0.3, 0.4) is 0 Å². The van der Waals surface area contributed by atoms with Crippen LogP contribution in [0.2, 0.25) is 0 Å². The van der Waals surface area contributed by atoms with Crippen molar-refractivity contribution in [1.82, 2.24) is 0 Å². The number of rotatable bonds is 3. The van der Waals surface area contributed by atoms with Gasteiger partial charge in [0, 0.05) is 10.0 Å². The Hall–Kier alpha value is -0.290. The predicted octanol–water partition coefficient (Wildman–Crippen LogP) is 3.15. The maximum absolute atomic E-state index is 6.44. The third kappa shape index (κ3) is 3.13. The lowest BCUT2D eigenvalue weighted by Gasteiger charge is -2.27. The summed E-state index contributed by atoms with van der Waals surface area (Å²) in [6.45, 7) is 1.74. The van der Waals surface area contributed by atoms with Gasteiger partial charge in [0.1, 0.15) is 11.9 Å². The molecule has 0 aliphatic carbocycles. The molecule has 1 saturated heterocycles. The zero-order chi connectivity index (χ0) is 12.3. The van der Waals surface area contributed by atoms with Gasteiger partial charge >= 0.3 is 0 Å². The molecule has 0 radical (unpaired) electrons. The van der Waals surface area contributed by atoms with E-state index >= 15 is 0 Å². The lowest BCUT2D eigenvalue weighted by molar-refractivity contribution is -0.0893. The summed E-state index contributed by atoms with van der Waals surface area (Å²) in [6, 6.07) is 5.76. The van der Waals surface area contributed by atoms with Crippen molar-refractivity contribution in [2.75, 3.05) is 26.9 Å². The summed E-state index contributed by atoms with van der Waals surface area (Å²) >= 11 is 9.87. The van der Waals surface area contributed by atoms with E-state index in [2.05, 4.69) is 15.9 Å². The van der Waals surface area contributed by atoms with E-state index in [-0.39, 0.29) is 11.5 Å². The van der Waals surface area contributed by atoms with Crippen molar-refractivity contribution in [2.24, 2.45) is 0 Å². The molecule has 2 atom stereocenters. The summed E-state index contributed by atoms with van der Waals surface area (Å²) in [5, 5.41) is -0.275. The van der Waals surface area contributed by atoms with E-state index in [0.29, 0.717) is 19.8 Å². The Morgan fingerprint density at radius 3 is 2.94 bits per heavy atom. The first kappa shape index (κ1) is 13.1. The van der Waals surface area contributed by atoms with Gasteiger partial charge in [-0.15, -0.1) is 11.6 Å². The van der Waals surface area contributed by atoms with Crippen molar-refractivity contribution in [3.63, 3.8) is 0 Å². The van der Waals surface area contributed by atoms with Gasteiger partial charge < -0.3 is 14.2 Å². The first-order chi connectivity index (χ1) is 8.22. The Morgan fingerprint density at radius 2 is 2.29 bits per heavy atom. The van der Waals surface area contributed by atoms with Crippen LogP contribution in [0.1, 0.15) is 10.9 Å². The number of hydrogen-bond acceptors (Lipinski definition) is 3. The third-order valence-corrected chi connectivity index (χ3v) is 3.67. The van der Waals surface area contributed by atoms with Crippen LogP contribution in [0.4, 0.5) is 0 Å². The van der Waals surface area contributed by atoms with Crippen molar-refractivity contribution < 1.29 is 14.2 Å². The fraction of sp³-hybridized carbons (Fsp3) is 0.500. The van der Waals surface area contributed by atoms with E-state index in [1.807, 2.05) is 18.2 Å². The predicted molar refractivity (Wildman–Crippen MR) is 69.8 cm³/mol. The van der Waals surface area contributed by atoms with Crippen molar-refractivity contribution in [3.05, 3.63) is 28.2 Å². The van der Waals surface area contributed by atoms with E-state index in [0.717, 1.165) is 15.8 Å². The second-order valence-electron chi connectivity index (χ2n) is 3.77. The van der Waals surface area contributed by atoms with Crippen LogP contribution in [-0.2, 0) is 9.47 Å². The van der Waals surface area contributed by atoms with Crippen LogP contribution in [0.25, 0.3) is 0 Å². The summed E-state index contributed by atoms with van der Waals surface area (Å²) in [7, 11) is 1.63. The van der Waals surface area contributed by atoms with E-state index < -0.39 is 0 Å². The van der Waals surface area contributed by atoms with Gasteiger partial charge in [-0.2, -0.15) is 0 Å². The molecule has 94 valence electrons. The van der Waals surface area contributed by atoms with Gasteiger partial charge in [0.2, 0.25) is 0 Å². The molecular weight excluding hydrogens is 307 g/mol. The topological polar surface area (TPSA) is 27.7 Å². The van der Waals surface area contributed by atoms with E-state index in [9.17, 15) is 0 Å². The summed E-state index contributed by atoms with van der Waals surface area (Å²) in [5.74, 6) is 0.766. The van der Waals surface area contributed by atoms with E-state index in [4.69, 9.17) is 25.8 Å². The quantitative estimate of drug-likeness (QED) is 0.801. The molecule has 0 saturated carbocycles. The van der Waals surface area contributed by atoms with Crippen LogP contribution in [0.15, 0.2) is 22.7 Å². The van der Waals surface area contributed by atoms with Crippen LogP contribution < -0.4 is 4.74 Å². The van der Waals surface area contributed by atoms with Crippen molar-refractivity contribution in [1.29, 1.82) is 0 Å². The molecule has 2 unspecified atom stereocenters. The average molecular weight is 322 g/mol. The molecule has 0 bridgehead atoms. The van der Waals surface area contributed by atoms with Crippen molar-refractivity contribution in [2.45, 2.75) is 11.5 Å². The molecule has 5 heteroatoms. The van der Waals surface area contributed by atoms with Gasteiger partial charge in [-0.3, -0.25) is 0 Å². The SMILES string of the molecule is COc1ccc(Br)cc1C(Cl)C1COCCO1. The molecule has 0 aromatic heterocycles. The van der Waals surface area contributed by atoms with Gasteiger partial charge in [0.15, 0.2) is 0 Å². The Morgan fingerprint density at radius 1 is 1.47 bits per heavy atom. The number of hydrogen-bond donors (Lipinski definition) is 0. The highest BCUT2D eigenvalue weighted by molar-refractivity contribution is 9.10. The number of ether oxygens (including phenoxy) is 3. The lowest BCUT2D eigenvalue weighted by atomic mass is 10.1. The highest BCUT2D eigenvalue weighted by Crippen LogP contribution is 2.36. The smallest absolute Gasteiger partial charge is 0.123 e. The number of methoxy groups -OCH3 is 1. The summed E-state index contributed by atoms with van der Waals surface area (Å²) in [5.41, 5.74) is 0.916. The Bertz CT molecular complexity index is 380. The fourth-order valence-corrected chi connectivity index (χ4v) is 2.49. The summed E-state index contributed by atoms with van der Waals surface area (Å²) in [6.07, 6.45) is -0.131. The largest absolute Gasteiger partial charge is 0.496 e. The van der Waals surface area contributed by atoms with Gasteiger partial charge in [-0.05, 0) is 18.2 Å². The Balaban J connectivity index is 2.21. The molecule has 1 aliphatic heterocycles. The molecule has 2 rings (SSSR count). The van der Waals surface area contributed by atoms with Gasteiger partial charge in [-0.25, -0.2) is 0 Å². The van der Waals surface area contributed by atoms with Gasteiger partial charge in [-0.1, -0.05) is 15.9 Å². The maximum atomic E-state index is 6.44. The molecule has 17 heavy (non-hydrogen) atoms. The molecule has 1 aromatic carbocycles. The highest BCUT2D eigenvalue weighted by atomic mass is 79.9. The normalized spacial score (nSPS) is 22.2. The van der Waals surface area contributed by atoms with Crippen LogP contribution in [0, 0.1) is 0 Å². The average Bonchev–Trinajstić information content (AvgIpc) is 2.39. The van der Waals surface area contributed by atoms with E-state index in [1.165, 1.54) is 0 Å².